The summed E-state index contributed by atoms with van der Waals surface area (Å²) in [7, 11) is 0. The van der Waals surface area contributed by atoms with Gasteiger partial charge < -0.3 is 15.2 Å². The first kappa shape index (κ1) is 14.5. The Kier molecular flexibility index (Phi) is 4.68. The minimum Gasteiger partial charge on any atom is -0.480 e. The summed E-state index contributed by atoms with van der Waals surface area (Å²) in [4.78, 5) is 23.1. The van der Waals surface area contributed by atoms with Crippen molar-refractivity contribution >= 4 is 11.9 Å². The number of amides is 1. The maximum Gasteiger partial charge on any atom is 0.326 e. The van der Waals surface area contributed by atoms with Gasteiger partial charge in [0.2, 0.25) is 5.91 Å². The molecule has 0 saturated carbocycles. The highest BCUT2D eigenvalue weighted by molar-refractivity contribution is 5.85. The topological polar surface area (TPSA) is 75.6 Å². The molecule has 1 amide bonds. The summed E-state index contributed by atoms with van der Waals surface area (Å²) in [5.74, 6) is -2.20. The molecule has 0 unspecified atom stereocenters. The van der Waals surface area contributed by atoms with Crippen LogP contribution in [0.2, 0.25) is 0 Å². The van der Waals surface area contributed by atoms with Gasteiger partial charge in [0.05, 0.1) is 12.5 Å². The Labute approximate surface area is 115 Å². The summed E-state index contributed by atoms with van der Waals surface area (Å²) in [6.45, 7) is 0.831. The molecule has 2 atom stereocenters. The van der Waals surface area contributed by atoms with E-state index in [1.165, 1.54) is 18.2 Å². The van der Waals surface area contributed by atoms with Crippen LogP contribution in [0.1, 0.15) is 12.0 Å². The van der Waals surface area contributed by atoms with E-state index in [1.54, 1.807) is 6.07 Å². The van der Waals surface area contributed by atoms with Crippen molar-refractivity contribution in [3.05, 3.63) is 35.6 Å². The quantitative estimate of drug-likeness (QED) is 0.843. The van der Waals surface area contributed by atoms with Crippen molar-refractivity contribution in [1.29, 1.82) is 0 Å². The van der Waals surface area contributed by atoms with E-state index >= 15 is 0 Å². The van der Waals surface area contributed by atoms with Crippen LogP contribution >= 0.6 is 0 Å². The highest BCUT2D eigenvalue weighted by Crippen LogP contribution is 2.13. The zero-order chi connectivity index (χ0) is 14.5. The predicted octanol–water partition coefficient (Wildman–Crippen LogP) is 0.974. The molecule has 1 aliphatic heterocycles. The first-order valence-corrected chi connectivity index (χ1v) is 6.41. The highest BCUT2D eigenvalue weighted by Gasteiger charge is 2.28. The van der Waals surface area contributed by atoms with Crippen LogP contribution in [0.15, 0.2) is 24.3 Å². The first-order chi connectivity index (χ1) is 9.56. The van der Waals surface area contributed by atoms with E-state index in [2.05, 4.69) is 5.32 Å². The van der Waals surface area contributed by atoms with E-state index < -0.39 is 17.8 Å². The molecule has 6 heteroatoms. The molecule has 108 valence electrons. The van der Waals surface area contributed by atoms with E-state index in [9.17, 15) is 14.0 Å². The number of carbonyl (C=O) groups is 2. The number of benzene rings is 1. The lowest BCUT2D eigenvalue weighted by Gasteiger charge is -2.17. The predicted molar refractivity (Wildman–Crippen MR) is 68.6 cm³/mol. The highest BCUT2D eigenvalue weighted by atomic mass is 19.1. The largest absolute Gasteiger partial charge is 0.480 e. The van der Waals surface area contributed by atoms with Crippen LogP contribution < -0.4 is 5.32 Å². The summed E-state index contributed by atoms with van der Waals surface area (Å²) in [5, 5.41) is 11.6. The minimum atomic E-state index is -1.14. The first-order valence-electron chi connectivity index (χ1n) is 6.41. The number of halogens is 1. The van der Waals surface area contributed by atoms with Gasteiger partial charge in [-0.2, -0.15) is 0 Å². The van der Waals surface area contributed by atoms with Gasteiger partial charge in [0.25, 0.3) is 0 Å². The number of carboxylic acid groups (broad SMARTS) is 1. The van der Waals surface area contributed by atoms with E-state index in [0.29, 0.717) is 25.2 Å². The molecule has 20 heavy (non-hydrogen) atoms. The van der Waals surface area contributed by atoms with Gasteiger partial charge in [0.15, 0.2) is 0 Å². The maximum absolute atomic E-state index is 13.1. The third-order valence-electron chi connectivity index (χ3n) is 3.24. The van der Waals surface area contributed by atoms with E-state index in [4.69, 9.17) is 9.84 Å². The molecule has 5 nitrogen and oxygen atoms in total. The van der Waals surface area contributed by atoms with Crippen molar-refractivity contribution < 1.29 is 23.8 Å². The zero-order valence-corrected chi connectivity index (χ0v) is 10.8. The van der Waals surface area contributed by atoms with Crippen molar-refractivity contribution in [3.8, 4) is 0 Å². The molecule has 2 N–H and O–H groups in total. The lowest BCUT2D eigenvalue weighted by Crippen LogP contribution is -2.45. The van der Waals surface area contributed by atoms with Crippen LogP contribution in [0.3, 0.4) is 0 Å². The smallest absolute Gasteiger partial charge is 0.326 e. The standard InChI is InChI=1S/C14H16FNO4/c15-11-3-1-2-9(6-11)7-12(14(18)19)16-13(17)10-4-5-20-8-10/h1-3,6,10,12H,4-5,7-8H2,(H,16,17)(H,18,19)/t10-,12+/m1/s1. The Bertz CT molecular complexity index is 500. The molecule has 1 aliphatic rings. The Morgan fingerprint density at radius 1 is 1.50 bits per heavy atom. The summed E-state index contributed by atoms with van der Waals surface area (Å²) in [6, 6.07) is 4.62. The second kappa shape index (κ2) is 6.47. The monoisotopic (exact) mass is 281 g/mol. The van der Waals surface area contributed by atoms with Crippen LogP contribution in [0, 0.1) is 11.7 Å². The molecule has 1 aromatic rings. The number of carbonyl (C=O) groups excluding carboxylic acids is 1. The van der Waals surface area contributed by atoms with Gasteiger partial charge in [0, 0.05) is 13.0 Å². The van der Waals surface area contributed by atoms with Gasteiger partial charge >= 0.3 is 5.97 Å². The fraction of sp³-hybridized carbons (Fsp3) is 0.429. The zero-order valence-electron chi connectivity index (χ0n) is 10.8. The number of hydrogen-bond acceptors (Lipinski definition) is 3. The molecular weight excluding hydrogens is 265 g/mol. The van der Waals surface area contributed by atoms with Gasteiger partial charge in [-0.15, -0.1) is 0 Å². The molecule has 2 rings (SSSR count). The molecular formula is C14H16FNO4. The normalized spacial score (nSPS) is 19.6. The molecule has 1 fully saturated rings. The van der Waals surface area contributed by atoms with Crippen molar-refractivity contribution in [3.63, 3.8) is 0 Å². The average molecular weight is 281 g/mol. The Morgan fingerprint density at radius 2 is 2.30 bits per heavy atom. The lowest BCUT2D eigenvalue weighted by molar-refractivity contribution is -0.142. The average Bonchev–Trinajstić information content (AvgIpc) is 2.91. The van der Waals surface area contributed by atoms with E-state index in [1.807, 2.05) is 0 Å². The minimum absolute atomic E-state index is 0.0480. The second-order valence-corrected chi connectivity index (χ2v) is 4.79. The molecule has 1 aromatic carbocycles. The number of nitrogens with one attached hydrogen (secondary N) is 1. The Balaban J connectivity index is 2.00. The summed E-state index contributed by atoms with van der Waals surface area (Å²) in [5.41, 5.74) is 0.528. The van der Waals surface area contributed by atoms with Crippen molar-refractivity contribution in [2.24, 2.45) is 5.92 Å². The van der Waals surface area contributed by atoms with Gasteiger partial charge in [-0.05, 0) is 24.1 Å². The summed E-state index contributed by atoms with van der Waals surface area (Å²) < 4.78 is 18.2. The van der Waals surface area contributed by atoms with Gasteiger partial charge in [-0.1, -0.05) is 12.1 Å². The fourth-order valence-electron chi connectivity index (χ4n) is 2.13. The van der Waals surface area contributed by atoms with Crippen LogP contribution in [-0.2, 0) is 20.7 Å². The molecule has 1 heterocycles. The number of hydrogen-bond donors (Lipinski definition) is 2. The summed E-state index contributed by atoms with van der Waals surface area (Å²) in [6.07, 6.45) is 0.643. The fourth-order valence-corrected chi connectivity index (χ4v) is 2.13. The third kappa shape index (κ3) is 3.77. The number of rotatable bonds is 5. The summed E-state index contributed by atoms with van der Waals surface area (Å²) >= 11 is 0. The van der Waals surface area contributed by atoms with Gasteiger partial charge in [-0.25, -0.2) is 9.18 Å². The van der Waals surface area contributed by atoms with Crippen molar-refractivity contribution in [2.75, 3.05) is 13.2 Å². The molecule has 0 aromatic heterocycles. The van der Waals surface area contributed by atoms with Crippen LogP contribution in [-0.4, -0.2) is 36.2 Å². The molecule has 0 spiro atoms. The van der Waals surface area contributed by atoms with E-state index in [-0.39, 0.29) is 18.2 Å². The maximum atomic E-state index is 13.1. The molecule has 1 saturated heterocycles. The van der Waals surface area contributed by atoms with E-state index in [0.717, 1.165) is 0 Å². The van der Waals surface area contributed by atoms with Crippen molar-refractivity contribution in [1.82, 2.24) is 5.32 Å². The van der Waals surface area contributed by atoms with Gasteiger partial charge in [0.1, 0.15) is 11.9 Å². The number of carboxylic acids is 1. The molecule has 0 aliphatic carbocycles. The Hall–Kier alpha value is -1.95. The van der Waals surface area contributed by atoms with Crippen LogP contribution in [0.25, 0.3) is 0 Å². The molecule has 0 radical (unpaired) electrons. The third-order valence-corrected chi connectivity index (χ3v) is 3.24. The number of aliphatic carboxylic acids is 1. The van der Waals surface area contributed by atoms with Crippen molar-refractivity contribution in [2.45, 2.75) is 18.9 Å². The SMILES string of the molecule is O=C(N[C@@H](Cc1cccc(F)c1)C(=O)O)[C@@H]1CCOC1. The number of ether oxygens (including phenoxy) is 1. The Morgan fingerprint density at radius 3 is 2.90 bits per heavy atom. The van der Waals surface area contributed by atoms with Crippen LogP contribution in [0.5, 0.6) is 0 Å². The second-order valence-electron chi connectivity index (χ2n) is 4.79. The lowest BCUT2D eigenvalue weighted by atomic mass is 10.0. The van der Waals surface area contributed by atoms with Crippen LogP contribution in [0.4, 0.5) is 4.39 Å². The molecule has 0 bridgehead atoms. The van der Waals surface area contributed by atoms with Gasteiger partial charge in [-0.3, -0.25) is 4.79 Å².